The van der Waals surface area contributed by atoms with Gasteiger partial charge in [-0.05, 0) is 26.3 Å². The van der Waals surface area contributed by atoms with Crippen molar-refractivity contribution < 1.29 is 23.1 Å². The van der Waals surface area contributed by atoms with Gasteiger partial charge in [-0.1, -0.05) is 12.8 Å². The van der Waals surface area contributed by atoms with Crippen molar-refractivity contribution in [3.63, 3.8) is 0 Å². The van der Waals surface area contributed by atoms with Gasteiger partial charge < -0.3 is 5.11 Å². The van der Waals surface area contributed by atoms with Gasteiger partial charge in [0.15, 0.2) is 6.10 Å². The van der Waals surface area contributed by atoms with Crippen LogP contribution in [0.3, 0.4) is 0 Å². The summed E-state index contributed by atoms with van der Waals surface area (Å²) in [6, 6.07) is -0.165. The van der Waals surface area contributed by atoms with Gasteiger partial charge in [-0.25, -0.2) is 0 Å². The van der Waals surface area contributed by atoms with Crippen molar-refractivity contribution in [3.8, 4) is 0 Å². The fourth-order valence-corrected chi connectivity index (χ4v) is 2.37. The fraction of sp³-hybridized carbons (Fsp3) is 0.917. The molecule has 1 N–H and O–H groups in total. The van der Waals surface area contributed by atoms with E-state index in [2.05, 4.69) is 0 Å². The average Bonchev–Trinajstić information content (AvgIpc) is 2.42. The second-order valence-corrected chi connectivity index (χ2v) is 4.96. The van der Waals surface area contributed by atoms with Crippen molar-refractivity contribution in [2.24, 2.45) is 0 Å². The van der Waals surface area contributed by atoms with E-state index in [1.165, 1.54) is 6.92 Å². The summed E-state index contributed by atoms with van der Waals surface area (Å²) in [5.74, 6) is -0.0200. The highest BCUT2D eigenvalue weighted by Gasteiger charge is 2.40. The monoisotopic (exact) mass is 267 g/mol. The average molecular weight is 267 g/mol. The molecule has 1 aliphatic rings. The Morgan fingerprint density at radius 2 is 2.06 bits per heavy atom. The number of aliphatic hydroxyl groups is 1. The molecule has 0 saturated carbocycles. The lowest BCUT2D eigenvalue weighted by atomic mass is 10.0. The maximum atomic E-state index is 12.4. The predicted octanol–water partition coefficient (Wildman–Crippen LogP) is 2.13. The van der Waals surface area contributed by atoms with Gasteiger partial charge in [0, 0.05) is 19.0 Å². The molecule has 1 saturated heterocycles. The number of carbonyl (C=O) groups excluding carboxylic acids is 1. The zero-order valence-corrected chi connectivity index (χ0v) is 10.5. The molecule has 18 heavy (non-hydrogen) atoms. The lowest BCUT2D eigenvalue weighted by Crippen LogP contribution is -2.45. The third kappa shape index (κ3) is 4.94. The van der Waals surface area contributed by atoms with E-state index in [0.717, 1.165) is 25.7 Å². The number of hydrogen-bond donors (Lipinski definition) is 1. The van der Waals surface area contributed by atoms with Gasteiger partial charge in [-0.3, -0.25) is 9.69 Å². The molecule has 0 aromatic heterocycles. The van der Waals surface area contributed by atoms with Crippen molar-refractivity contribution in [1.82, 2.24) is 4.90 Å². The molecule has 2 unspecified atom stereocenters. The van der Waals surface area contributed by atoms with Crippen molar-refractivity contribution in [2.75, 3.05) is 13.1 Å². The van der Waals surface area contributed by atoms with Crippen LogP contribution in [-0.4, -0.2) is 47.2 Å². The largest absolute Gasteiger partial charge is 0.415 e. The standard InChI is InChI=1S/C12H20F3NO2/c1-9(17)7-10-5-3-2-4-6-16(10)8-11(18)12(13,14)15/h10-11,18H,2-8H2,1H3. The lowest BCUT2D eigenvalue weighted by Gasteiger charge is -2.31. The number of likely N-dealkylation sites (tertiary alicyclic amines) is 1. The smallest absolute Gasteiger partial charge is 0.382 e. The summed E-state index contributed by atoms with van der Waals surface area (Å²) in [5.41, 5.74) is 0. The SMILES string of the molecule is CC(=O)CC1CCCCCN1CC(O)C(F)(F)F. The number of nitrogens with zero attached hydrogens (tertiary/aromatic N) is 1. The van der Waals surface area contributed by atoms with E-state index in [0.29, 0.717) is 6.54 Å². The van der Waals surface area contributed by atoms with Gasteiger partial charge in [0.05, 0.1) is 0 Å². The normalized spacial score (nSPS) is 24.6. The number of ketones is 1. The Morgan fingerprint density at radius 1 is 1.39 bits per heavy atom. The predicted molar refractivity (Wildman–Crippen MR) is 61.2 cm³/mol. The second-order valence-electron chi connectivity index (χ2n) is 4.96. The zero-order valence-electron chi connectivity index (χ0n) is 10.5. The molecule has 1 heterocycles. The molecule has 0 bridgehead atoms. The van der Waals surface area contributed by atoms with Crippen LogP contribution in [0.4, 0.5) is 13.2 Å². The molecule has 0 spiro atoms. The van der Waals surface area contributed by atoms with Gasteiger partial charge in [0.1, 0.15) is 5.78 Å². The first kappa shape index (κ1) is 15.4. The maximum Gasteiger partial charge on any atom is 0.415 e. The Hall–Kier alpha value is -0.620. The molecule has 1 fully saturated rings. The zero-order chi connectivity index (χ0) is 13.8. The molecule has 106 valence electrons. The van der Waals surface area contributed by atoms with Crippen LogP contribution in [0.1, 0.15) is 39.0 Å². The van der Waals surface area contributed by atoms with Gasteiger partial charge in [-0.15, -0.1) is 0 Å². The van der Waals surface area contributed by atoms with Crippen molar-refractivity contribution in [1.29, 1.82) is 0 Å². The number of hydrogen-bond acceptors (Lipinski definition) is 3. The highest BCUT2D eigenvalue weighted by atomic mass is 19.4. The summed E-state index contributed by atoms with van der Waals surface area (Å²) in [4.78, 5) is 12.8. The Bertz CT molecular complexity index is 281. The summed E-state index contributed by atoms with van der Waals surface area (Å²) in [5, 5.41) is 9.13. The molecule has 0 amide bonds. The molecule has 0 aromatic carbocycles. The van der Waals surface area contributed by atoms with Gasteiger partial charge >= 0.3 is 6.18 Å². The molecule has 0 aromatic rings. The van der Waals surface area contributed by atoms with Crippen molar-refractivity contribution in [3.05, 3.63) is 0 Å². The van der Waals surface area contributed by atoms with Gasteiger partial charge in [-0.2, -0.15) is 13.2 Å². The number of carbonyl (C=O) groups is 1. The molecule has 0 aliphatic carbocycles. The molecular formula is C12H20F3NO2. The summed E-state index contributed by atoms with van der Waals surface area (Å²) in [7, 11) is 0. The third-order valence-corrected chi connectivity index (χ3v) is 3.31. The van der Waals surface area contributed by atoms with E-state index in [1.807, 2.05) is 0 Å². The summed E-state index contributed by atoms with van der Waals surface area (Å²) >= 11 is 0. The van der Waals surface area contributed by atoms with E-state index < -0.39 is 18.8 Å². The van der Waals surface area contributed by atoms with E-state index in [1.54, 1.807) is 4.90 Å². The minimum Gasteiger partial charge on any atom is -0.382 e. The second kappa shape index (κ2) is 6.52. The fourth-order valence-electron chi connectivity index (χ4n) is 2.37. The van der Waals surface area contributed by atoms with Crippen LogP contribution in [0.5, 0.6) is 0 Å². The number of aliphatic hydroxyl groups excluding tert-OH is 1. The molecule has 3 nitrogen and oxygen atoms in total. The maximum absolute atomic E-state index is 12.4. The minimum absolute atomic E-state index is 0.0200. The number of Topliss-reactive ketones (excluding diaryl/α,β-unsaturated/α-hetero) is 1. The number of halogens is 3. The van der Waals surface area contributed by atoms with E-state index >= 15 is 0 Å². The number of rotatable bonds is 4. The number of β-amino-alcohol motifs (C(OH)–C–C–N with tert-alkyl or cyclic N) is 1. The van der Waals surface area contributed by atoms with Crippen LogP contribution in [0.25, 0.3) is 0 Å². The Balaban J connectivity index is 2.64. The quantitative estimate of drug-likeness (QED) is 0.848. The van der Waals surface area contributed by atoms with E-state index in [-0.39, 0.29) is 18.2 Å². The molecule has 1 rings (SSSR count). The molecular weight excluding hydrogens is 247 g/mol. The van der Waals surface area contributed by atoms with Gasteiger partial charge in [0.2, 0.25) is 0 Å². The molecule has 0 radical (unpaired) electrons. The van der Waals surface area contributed by atoms with Crippen molar-refractivity contribution >= 4 is 5.78 Å². The van der Waals surface area contributed by atoms with Crippen LogP contribution in [0.15, 0.2) is 0 Å². The minimum atomic E-state index is -4.59. The van der Waals surface area contributed by atoms with Crippen molar-refractivity contribution in [2.45, 2.75) is 57.3 Å². The Kier molecular flexibility index (Phi) is 5.59. The Morgan fingerprint density at radius 3 is 2.61 bits per heavy atom. The topological polar surface area (TPSA) is 40.5 Å². The summed E-state index contributed by atoms with van der Waals surface area (Å²) in [6.07, 6.45) is -3.21. The summed E-state index contributed by atoms with van der Waals surface area (Å²) < 4.78 is 37.1. The first-order chi connectivity index (χ1) is 8.30. The molecule has 1 aliphatic heterocycles. The van der Waals surface area contributed by atoms with Gasteiger partial charge in [0.25, 0.3) is 0 Å². The first-order valence-corrected chi connectivity index (χ1v) is 6.29. The number of alkyl halides is 3. The molecule has 2 atom stereocenters. The highest BCUT2D eigenvalue weighted by molar-refractivity contribution is 5.76. The van der Waals surface area contributed by atoms with Crippen LogP contribution in [0.2, 0.25) is 0 Å². The van der Waals surface area contributed by atoms with Crippen LogP contribution < -0.4 is 0 Å². The highest BCUT2D eigenvalue weighted by Crippen LogP contribution is 2.25. The first-order valence-electron chi connectivity index (χ1n) is 6.29. The third-order valence-electron chi connectivity index (χ3n) is 3.31. The Labute approximate surface area is 105 Å². The van der Waals surface area contributed by atoms with E-state index in [4.69, 9.17) is 5.11 Å². The van der Waals surface area contributed by atoms with Crippen LogP contribution in [0, 0.1) is 0 Å². The van der Waals surface area contributed by atoms with Crippen LogP contribution >= 0.6 is 0 Å². The molecule has 6 heteroatoms. The van der Waals surface area contributed by atoms with Crippen LogP contribution in [-0.2, 0) is 4.79 Å². The lowest BCUT2D eigenvalue weighted by molar-refractivity contribution is -0.209. The van der Waals surface area contributed by atoms with E-state index in [9.17, 15) is 18.0 Å². The summed E-state index contributed by atoms with van der Waals surface area (Å²) in [6.45, 7) is 1.54.